The lowest BCUT2D eigenvalue weighted by Gasteiger charge is -2.19. The Bertz CT molecular complexity index is 414. The van der Waals surface area contributed by atoms with E-state index in [1.165, 1.54) is 0 Å². The SMILES string of the molecule is CN=C(NCCc1ccco1)NC(C)COC1CCOC1. The van der Waals surface area contributed by atoms with Gasteiger partial charge in [0.05, 0.1) is 25.6 Å². The van der Waals surface area contributed by atoms with Crippen LogP contribution in [0, 0.1) is 0 Å². The highest BCUT2D eigenvalue weighted by atomic mass is 16.5. The lowest BCUT2D eigenvalue weighted by Crippen LogP contribution is -2.45. The molecule has 0 amide bonds. The van der Waals surface area contributed by atoms with E-state index >= 15 is 0 Å². The van der Waals surface area contributed by atoms with Gasteiger partial charge in [-0.2, -0.15) is 0 Å². The van der Waals surface area contributed by atoms with E-state index in [-0.39, 0.29) is 12.1 Å². The van der Waals surface area contributed by atoms with Crippen molar-refractivity contribution >= 4 is 5.96 Å². The fourth-order valence-corrected chi connectivity index (χ4v) is 2.15. The summed E-state index contributed by atoms with van der Waals surface area (Å²) in [4.78, 5) is 4.21. The van der Waals surface area contributed by atoms with Crippen LogP contribution in [0.2, 0.25) is 0 Å². The molecule has 0 bridgehead atoms. The van der Waals surface area contributed by atoms with E-state index in [0.29, 0.717) is 13.2 Å². The fraction of sp³-hybridized carbons (Fsp3) is 0.667. The summed E-state index contributed by atoms with van der Waals surface area (Å²) in [6.07, 6.45) is 3.75. The summed E-state index contributed by atoms with van der Waals surface area (Å²) in [5, 5.41) is 6.58. The highest BCUT2D eigenvalue weighted by Gasteiger charge is 2.17. The van der Waals surface area contributed by atoms with Crippen molar-refractivity contribution in [1.82, 2.24) is 10.6 Å². The number of ether oxygens (including phenoxy) is 2. The van der Waals surface area contributed by atoms with Gasteiger partial charge in [-0.05, 0) is 25.5 Å². The average Bonchev–Trinajstić information content (AvgIpc) is 3.17. The maximum Gasteiger partial charge on any atom is 0.191 e. The molecule has 118 valence electrons. The van der Waals surface area contributed by atoms with Gasteiger partial charge in [0.15, 0.2) is 5.96 Å². The third kappa shape index (κ3) is 5.77. The number of guanidine groups is 1. The monoisotopic (exact) mass is 295 g/mol. The van der Waals surface area contributed by atoms with Crippen molar-refractivity contribution in [3.8, 4) is 0 Å². The highest BCUT2D eigenvalue weighted by molar-refractivity contribution is 5.79. The smallest absolute Gasteiger partial charge is 0.191 e. The second kappa shape index (κ2) is 8.69. The first-order valence-corrected chi connectivity index (χ1v) is 7.47. The Balaban J connectivity index is 1.61. The van der Waals surface area contributed by atoms with Gasteiger partial charge in [0, 0.05) is 32.7 Å². The molecule has 2 heterocycles. The number of nitrogens with one attached hydrogen (secondary N) is 2. The van der Waals surface area contributed by atoms with Crippen molar-refractivity contribution in [2.24, 2.45) is 4.99 Å². The van der Waals surface area contributed by atoms with E-state index in [9.17, 15) is 0 Å². The van der Waals surface area contributed by atoms with Crippen LogP contribution in [-0.4, -0.2) is 51.5 Å². The molecule has 2 atom stereocenters. The summed E-state index contributed by atoms with van der Waals surface area (Å²) in [7, 11) is 1.76. The van der Waals surface area contributed by atoms with Crippen molar-refractivity contribution in [2.75, 3.05) is 33.4 Å². The number of hydrogen-bond donors (Lipinski definition) is 2. The van der Waals surface area contributed by atoms with Crippen LogP contribution in [0.1, 0.15) is 19.1 Å². The summed E-state index contributed by atoms with van der Waals surface area (Å²) < 4.78 is 16.4. The highest BCUT2D eigenvalue weighted by Crippen LogP contribution is 2.08. The van der Waals surface area contributed by atoms with Crippen LogP contribution in [0.3, 0.4) is 0 Å². The van der Waals surface area contributed by atoms with Crippen molar-refractivity contribution in [3.05, 3.63) is 24.2 Å². The minimum atomic E-state index is 0.195. The molecule has 1 fully saturated rings. The van der Waals surface area contributed by atoms with Crippen LogP contribution in [0.5, 0.6) is 0 Å². The Hall–Kier alpha value is -1.53. The quantitative estimate of drug-likeness (QED) is 0.584. The lowest BCUT2D eigenvalue weighted by atomic mass is 10.3. The standard InChI is InChI=1S/C15H25N3O3/c1-12(10-21-14-6-9-19-11-14)18-15(16-2)17-7-5-13-4-3-8-20-13/h3-4,8,12,14H,5-7,9-11H2,1-2H3,(H2,16,17,18). The van der Waals surface area contributed by atoms with Gasteiger partial charge >= 0.3 is 0 Å². The van der Waals surface area contributed by atoms with Crippen LogP contribution in [-0.2, 0) is 15.9 Å². The molecule has 1 saturated heterocycles. The minimum Gasteiger partial charge on any atom is -0.469 e. The van der Waals surface area contributed by atoms with Gasteiger partial charge in [-0.25, -0.2) is 0 Å². The third-order valence-electron chi connectivity index (χ3n) is 3.32. The predicted octanol–water partition coefficient (Wildman–Crippen LogP) is 1.18. The summed E-state index contributed by atoms with van der Waals surface area (Å²) in [6.45, 7) is 5.02. The maximum atomic E-state index is 5.79. The van der Waals surface area contributed by atoms with Gasteiger partial charge in [-0.1, -0.05) is 0 Å². The normalized spacial score (nSPS) is 20.5. The van der Waals surface area contributed by atoms with Gasteiger partial charge in [-0.3, -0.25) is 4.99 Å². The minimum absolute atomic E-state index is 0.195. The average molecular weight is 295 g/mol. The number of nitrogens with zero attached hydrogens (tertiary/aromatic N) is 1. The van der Waals surface area contributed by atoms with Gasteiger partial charge in [0.1, 0.15) is 5.76 Å². The molecule has 0 radical (unpaired) electrons. The predicted molar refractivity (Wildman–Crippen MR) is 81.5 cm³/mol. The molecule has 2 N–H and O–H groups in total. The Labute approximate surface area is 125 Å². The first-order valence-electron chi connectivity index (χ1n) is 7.47. The van der Waals surface area contributed by atoms with E-state index in [2.05, 4.69) is 22.5 Å². The van der Waals surface area contributed by atoms with E-state index in [1.807, 2.05) is 12.1 Å². The molecule has 6 heteroatoms. The summed E-state index contributed by atoms with van der Waals surface area (Å²) in [5.74, 6) is 1.75. The van der Waals surface area contributed by atoms with Crippen LogP contribution in [0.4, 0.5) is 0 Å². The van der Waals surface area contributed by atoms with Gasteiger partial charge in [0.25, 0.3) is 0 Å². The lowest BCUT2D eigenvalue weighted by molar-refractivity contribution is 0.0347. The molecule has 0 aliphatic carbocycles. The van der Waals surface area contributed by atoms with Crippen LogP contribution in [0.15, 0.2) is 27.8 Å². The molecule has 1 aromatic heterocycles. The molecule has 21 heavy (non-hydrogen) atoms. The Morgan fingerprint density at radius 3 is 3.14 bits per heavy atom. The number of aliphatic imine (C=N–C) groups is 1. The number of hydrogen-bond acceptors (Lipinski definition) is 4. The topological polar surface area (TPSA) is 68.0 Å². The number of furan rings is 1. The van der Waals surface area contributed by atoms with Crippen molar-refractivity contribution in [3.63, 3.8) is 0 Å². The first-order chi connectivity index (χ1) is 10.3. The molecule has 1 aromatic rings. The molecule has 0 spiro atoms. The van der Waals surface area contributed by atoms with Gasteiger partial charge in [-0.15, -0.1) is 0 Å². The summed E-state index contributed by atoms with van der Waals surface area (Å²) in [6, 6.07) is 4.06. The van der Waals surface area contributed by atoms with Gasteiger partial charge < -0.3 is 24.5 Å². The Morgan fingerprint density at radius 1 is 1.57 bits per heavy atom. The zero-order valence-corrected chi connectivity index (χ0v) is 12.8. The van der Waals surface area contributed by atoms with E-state index in [4.69, 9.17) is 13.9 Å². The van der Waals surface area contributed by atoms with Crippen LogP contribution in [0.25, 0.3) is 0 Å². The van der Waals surface area contributed by atoms with E-state index in [0.717, 1.165) is 37.7 Å². The van der Waals surface area contributed by atoms with Crippen LogP contribution >= 0.6 is 0 Å². The number of rotatable bonds is 7. The van der Waals surface area contributed by atoms with E-state index < -0.39 is 0 Å². The molecule has 2 unspecified atom stereocenters. The summed E-state index contributed by atoms with van der Waals surface area (Å²) in [5.41, 5.74) is 0. The Kier molecular flexibility index (Phi) is 6.56. The molecule has 6 nitrogen and oxygen atoms in total. The van der Waals surface area contributed by atoms with Crippen LogP contribution < -0.4 is 10.6 Å². The molecular formula is C15H25N3O3. The molecule has 0 aromatic carbocycles. The molecule has 1 aliphatic heterocycles. The summed E-state index contributed by atoms with van der Waals surface area (Å²) >= 11 is 0. The Morgan fingerprint density at radius 2 is 2.48 bits per heavy atom. The molecular weight excluding hydrogens is 270 g/mol. The van der Waals surface area contributed by atoms with E-state index in [1.54, 1.807) is 13.3 Å². The first kappa shape index (κ1) is 15.9. The second-order valence-electron chi connectivity index (χ2n) is 5.19. The fourth-order valence-electron chi connectivity index (χ4n) is 2.15. The molecule has 2 rings (SSSR count). The zero-order chi connectivity index (χ0) is 14.9. The third-order valence-corrected chi connectivity index (χ3v) is 3.32. The van der Waals surface area contributed by atoms with Gasteiger partial charge in [0.2, 0.25) is 0 Å². The zero-order valence-electron chi connectivity index (χ0n) is 12.8. The van der Waals surface area contributed by atoms with Crippen molar-refractivity contribution in [1.29, 1.82) is 0 Å². The van der Waals surface area contributed by atoms with Crippen molar-refractivity contribution < 1.29 is 13.9 Å². The maximum absolute atomic E-state index is 5.79. The largest absolute Gasteiger partial charge is 0.469 e. The molecule has 0 saturated carbocycles. The van der Waals surface area contributed by atoms with Crippen molar-refractivity contribution in [2.45, 2.75) is 31.9 Å². The molecule has 1 aliphatic rings. The second-order valence-corrected chi connectivity index (χ2v) is 5.19.